The Hall–Kier alpha value is -1.26. The second-order valence-electron chi connectivity index (χ2n) is 4.86. The Labute approximate surface area is 112 Å². The Bertz CT molecular complexity index is 532. The van der Waals surface area contributed by atoms with Gasteiger partial charge in [-0.2, -0.15) is 0 Å². The molecule has 3 nitrogen and oxygen atoms in total. The standard InChI is InChI=1S/C14H19N3S/c1-9(2)7-11-12(8-15)18-14(17-11)13-10(3)5-4-6-16-13/h4-6,9H,7-8,15H2,1-3H3. The smallest absolute Gasteiger partial charge is 0.142 e. The van der Waals surface area contributed by atoms with E-state index >= 15 is 0 Å². The van der Waals surface area contributed by atoms with E-state index < -0.39 is 0 Å². The molecule has 2 rings (SSSR count). The van der Waals surface area contributed by atoms with Crippen molar-refractivity contribution in [1.29, 1.82) is 0 Å². The van der Waals surface area contributed by atoms with Crippen LogP contribution in [0.15, 0.2) is 18.3 Å². The first kappa shape index (κ1) is 13.2. The van der Waals surface area contributed by atoms with Crippen LogP contribution in [0.25, 0.3) is 10.7 Å². The quantitative estimate of drug-likeness (QED) is 0.919. The predicted octanol–water partition coefficient (Wildman–Crippen LogP) is 3.17. The average molecular weight is 261 g/mol. The third kappa shape index (κ3) is 2.76. The molecule has 0 saturated heterocycles. The minimum Gasteiger partial charge on any atom is -0.326 e. The van der Waals surface area contributed by atoms with E-state index in [4.69, 9.17) is 10.7 Å². The van der Waals surface area contributed by atoms with E-state index in [2.05, 4.69) is 31.8 Å². The van der Waals surface area contributed by atoms with E-state index in [1.807, 2.05) is 12.3 Å². The lowest BCUT2D eigenvalue weighted by molar-refractivity contribution is 0.634. The van der Waals surface area contributed by atoms with Crippen molar-refractivity contribution >= 4 is 11.3 Å². The van der Waals surface area contributed by atoms with Crippen LogP contribution in [0.4, 0.5) is 0 Å². The van der Waals surface area contributed by atoms with Gasteiger partial charge in [0, 0.05) is 17.6 Å². The first-order valence-electron chi connectivity index (χ1n) is 6.22. The van der Waals surface area contributed by atoms with E-state index in [1.165, 1.54) is 4.88 Å². The van der Waals surface area contributed by atoms with Crippen LogP contribution in [-0.2, 0) is 13.0 Å². The summed E-state index contributed by atoms with van der Waals surface area (Å²) >= 11 is 1.67. The third-order valence-electron chi connectivity index (χ3n) is 2.78. The molecule has 0 aliphatic rings. The number of aromatic nitrogens is 2. The molecular weight excluding hydrogens is 242 g/mol. The summed E-state index contributed by atoms with van der Waals surface area (Å²) in [5.41, 5.74) is 9.08. The highest BCUT2D eigenvalue weighted by atomic mass is 32.1. The number of thiazole rings is 1. The lowest BCUT2D eigenvalue weighted by Gasteiger charge is -2.02. The second-order valence-corrected chi connectivity index (χ2v) is 5.94. The average Bonchev–Trinajstić information content (AvgIpc) is 2.71. The summed E-state index contributed by atoms with van der Waals surface area (Å²) < 4.78 is 0. The maximum Gasteiger partial charge on any atom is 0.142 e. The zero-order valence-electron chi connectivity index (χ0n) is 11.1. The summed E-state index contributed by atoms with van der Waals surface area (Å²) in [6.45, 7) is 7.02. The Balaban J connectivity index is 2.41. The van der Waals surface area contributed by atoms with E-state index in [0.29, 0.717) is 12.5 Å². The van der Waals surface area contributed by atoms with Crippen LogP contribution in [0.2, 0.25) is 0 Å². The molecule has 2 aromatic rings. The maximum absolute atomic E-state index is 5.81. The van der Waals surface area contributed by atoms with Crippen LogP contribution in [0.5, 0.6) is 0 Å². The van der Waals surface area contributed by atoms with Gasteiger partial charge in [0.1, 0.15) is 10.7 Å². The molecule has 0 bridgehead atoms. The van der Waals surface area contributed by atoms with Crippen molar-refractivity contribution in [3.05, 3.63) is 34.5 Å². The molecule has 0 fully saturated rings. The fourth-order valence-electron chi connectivity index (χ4n) is 1.90. The van der Waals surface area contributed by atoms with Gasteiger partial charge in [-0.15, -0.1) is 11.3 Å². The molecule has 0 atom stereocenters. The summed E-state index contributed by atoms with van der Waals surface area (Å²) in [6.07, 6.45) is 2.79. The number of hydrogen-bond donors (Lipinski definition) is 1. The highest BCUT2D eigenvalue weighted by Gasteiger charge is 2.14. The molecule has 18 heavy (non-hydrogen) atoms. The minimum absolute atomic E-state index is 0.561. The summed E-state index contributed by atoms with van der Waals surface area (Å²) in [5.74, 6) is 0.593. The van der Waals surface area contributed by atoms with Crippen molar-refractivity contribution in [3.8, 4) is 10.7 Å². The lowest BCUT2D eigenvalue weighted by atomic mass is 10.1. The number of rotatable bonds is 4. The zero-order chi connectivity index (χ0) is 13.1. The van der Waals surface area contributed by atoms with Gasteiger partial charge in [0.25, 0.3) is 0 Å². The monoisotopic (exact) mass is 261 g/mol. The topological polar surface area (TPSA) is 51.8 Å². The van der Waals surface area contributed by atoms with E-state index in [9.17, 15) is 0 Å². The summed E-state index contributed by atoms with van der Waals surface area (Å²) in [5, 5.41) is 0.990. The molecule has 0 spiro atoms. The highest BCUT2D eigenvalue weighted by Crippen LogP contribution is 2.29. The number of nitrogens with zero attached hydrogens (tertiary/aromatic N) is 2. The second kappa shape index (κ2) is 5.59. The normalized spacial score (nSPS) is 11.2. The number of nitrogens with two attached hydrogens (primary N) is 1. The molecule has 2 aromatic heterocycles. The van der Waals surface area contributed by atoms with Crippen molar-refractivity contribution in [2.24, 2.45) is 11.7 Å². The van der Waals surface area contributed by atoms with E-state index in [-0.39, 0.29) is 0 Å². The molecular formula is C14H19N3S. The van der Waals surface area contributed by atoms with Gasteiger partial charge in [0.2, 0.25) is 0 Å². The molecule has 0 radical (unpaired) electrons. The lowest BCUT2D eigenvalue weighted by Crippen LogP contribution is -2.02. The Morgan fingerprint density at radius 3 is 2.78 bits per heavy atom. The van der Waals surface area contributed by atoms with Gasteiger partial charge in [0.15, 0.2) is 0 Å². The van der Waals surface area contributed by atoms with Crippen molar-refractivity contribution in [1.82, 2.24) is 9.97 Å². The molecule has 0 aliphatic carbocycles. The fourth-order valence-corrected chi connectivity index (χ4v) is 2.93. The molecule has 2 heterocycles. The van der Waals surface area contributed by atoms with Gasteiger partial charge in [-0.25, -0.2) is 4.98 Å². The molecule has 2 N–H and O–H groups in total. The third-order valence-corrected chi connectivity index (χ3v) is 3.90. The van der Waals surface area contributed by atoms with Gasteiger partial charge < -0.3 is 5.73 Å². The highest BCUT2D eigenvalue weighted by molar-refractivity contribution is 7.15. The van der Waals surface area contributed by atoms with Crippen LogP contribution in [-0.4, -0.2) is 9.97 Å². The van der Waals surface area contributed by atoms with E-state index in [1.54, 1.807) is 11.3 Å². The predicted molar refractivity (Wildman–Crippen MR) is 76.5 cm³/mol. The van der Waals surface area contributed by atoms with Crippen molar-refractivity contribution in [2.45, 2.75) is 33.7 Å². The van der Waals surface area contributed by atoms with Crippen LogP contribution in [0.1, 0.15) is 30.0 Å². The Morgan fingerprint density at radius 2 is 2.17 bits per heavy atom. The van der Waals surface area contributed by atoms with Crippen molar-refractivity contribution in [3.63, 3.8) is 0 Å². The van der Waals surface area contributed by atoms with Gasteiger partial charge >= 0.3 is 0 Å². The summed E-state index contributed by atoms with van der Waals surface area (Å²) in [6, 6.07) is 4.01. The largest absolute Gasteiger partial charge is 0.326 e. The molecule has 0 aliphatic heterocycles. The van der Waals surface area contributed by atoms with Crippen molar-refractivity contribution in [2.75, 3.05) is 0 Å². The molecule has 96 valence electrons. The zero-order valence-corrected chi connectivity index (χ0v) is 11.9. The van der Waals surface area contributed by atoms with Gasteiger partial charge in [-0.1, -0.05) is 19.9 Å². The summed E-state index contributed by atoms with van der Waals surface area (Å²) in [7, 11) is 0. The number of aryl methyl sites for hydroxylation is 1. The molecule has 4 heteroatoms. The molecule has 0 aromatic carbocycles. The van der Waals surface area contributed by atoms with Crippen LogP contribution >= 0.6 is 11.3 Å². The molecule has 0 saturated carbocycles. The number of hydrogen-bond acceptors (Lipinski definition) is 4. The SMILES string of the molecule is Cc1cccnc1-c1nc(CC(C)C)c(CN)s1. The minimum atomic E-state index is 0.561. The first-order valence-corrected chi connectivity index (χ1v) is 7.04. The van der Waals surface area contributed by atoms with Crippen LogP contribution in [0.3, 0.4) is 0 Å². The van der Waals surface area contributed by atoms with Gasteiger partial charge in [-0.05, 0) is 30.9 Å². The van der Waals surface area contributed by atoms with Crippen LogP contribution < -0.4 is 5.73 Å². The Kier molecular flexibility index (Phi) is 4.09. The molecule has 0 unspecified atom stereocenters. The van der Waals surface area contributed by atoms with Gasteiger partial charge in [0.05, 0.1) is 5.69 Å². The first-order chi connectivity index (χ1) is 8.61. The van der Waals surface area contributed by atoms with Crippen molar-refractivity contribution < 1.29 is 0 Å². The fraction of sp³-hybridized carbons (Fsp3) is 0.429. The van der Waals surface area contributed by atoms with Gasteiger partial charge in [-0.3, -0.25) is 4.98 Å². The Morgan fingerprint density at radius 1 is 1.39 bits per heavy atom. The summed E-state index contributed by atoms with van der Waals surface area (Å²) in [4.78, 5) is 10.3. The molecule has 0 amide bonds. The number of pyridine rings is 1. The van der Waals surface area contributed by atoms with Crippen LogP contribution in [0, 0.1) is 12.8 Å². The maximum atomic E-state index is 5.81. The van der Waals surface area contributed by atoms with E-state index in [0.717, 1.165) is 28.4 Å².